The molecule has 0 fully saturated rings. The summed E-state index contributed by atoms with van der Waals surface area (Å²) in [6, 6.07) is 2.03. The largest absolute Gasteiger partial charge is 0.434 e. The van der Waals surface area contributed by atoms with Gasteiger partial charge in [0, 0.05) is 24.9 Å². The maximum atomic E-state index is 12.0. The molecule has 0 saturated heterocycles. The average Bonchev–Trinajstić information content (AvgIpc) is 2.78. The molecule has 0 aromatic carbocycles. The van der Waals surface area contributed by atoms with E-state index in [4.69, 9.17) is 10.8 Å². The van der Waals surface area contributed by atoms with Crippen molar-refractivity contribution in [3.8, 4) is 12.3 Å². The second-order valence-corrected chi connectivity index (χ2v) is 4.76. The van der Waals surface area contributed by atoms with Crippen molar-refractivity contribution in [3.63, 3.8) is 0 Å². The Morgan fingerprint density at radius 3 is 3.24 bits per heavy atom. The van der Waals surface area contributed by atoms with E-state index in [9.17, 15) is 4.79 Å². The quantitative estimate of drug-likeness (QED) is 0.610. The van der Waals surface area contributed by atoms with Crippen LogP contribution in [0.25, 0.3) is 0 Å². The number of nitrogens with zero attached hydrogens (tertiary/aromatic N) is 1. The topological polar surface area (TPSA) is 33.5 Å². The van der Waals surface area contributed by atoms with Crippen LogP contribution < -0.4 is 4.90 Å². The molecular formula is C13H15NO2S. The van der Waals surface area contributed by atoms with Gasteiger partial charge in [0.15, 0.2) is 5.09 Å². The van der Waals surface area contributed by atoms with Gasteiger partial charge in [-0.25, -0.2) is 0 Å². The van der Waals surface area contributed by atoms with Crippen LogP contribution in [0.3, 0.4) is 0 Å². The Hall–Kier alpha value is -1.34. The highest BCUT2D eigenvalue weighted by atomic mass is 32.2. The molecule has 1 aliphatic rings. The molecule has 0 N–H and O–H groups in total. The second kappa shape index (κ2) is 5.33. The number of aryl methyl sites for hydroxylation is 1. The van der Waals surface area contributed by atoms with Crippen LogP contribution in [0, 0.1) is 12.3 Å². The molecule has 0 atom stereocenters. The molecule has 2 heterocycles. The SMILES string of the molecule is C#CCCC(=O)N1CCCc2cc(SC)oc21. The van der Waals surface area contributed by atoms with Gasteiger partial charge in [-0.1, -0.05) is 11.8 Å². The molecular weight excluding hydrogens is 234 g/mol. The molecule has 0 radical (unpaired) electrons. The van der Waals surface area contributed by atoms with E-state index in [-0.39, 0.29) is 5.91 Å². The first-order valence-electron chi connectivity index (χ1n) is 5.66. The van der Waals surface area contributed by atoms with Crippen molar-refractivity contribution in [3.05, 3.63) is 11.6 Å². The molecule has 4 heteroatoms. The van der Waals surface area contributed by atoms with Gasteiger partial charge in [-0.3, -0.25) is 9.69 Å². The third kappa shape index (κ3) is 2.50. The fourth-order valence-electron chi connectivity index (χ4n) is 1.98. The van der Waals surface area contributed by atoms with Crippen molar-refractivity contribution in [2.24, 2.45) is 0 Å². The number of rotatable bonds is 3. The van der Waals surface area contributed by atoms with Crippen molar-refractivity contribution in [2.45, 2.75) is 30.8 Å². The number of anilines is 1. The molecule has 1 aromatic rings. The zero-order valence-electron chi connectivity index (χ0n) is 9.86. The summed E-state index contributed by atoms with van der Waals surface area (Å²) in [5.74, 6) is 3.28. The number of thioether (sulfide) groups is 1. The first kappa shape index (κ1) is 12.1. The number of carbonyl (C=O) groups is 1. The van der Waals surface area contributed by atoms with Crippen LogP contribution in [0.5, 0.6) is 0 Å². The predicted molar refractivity (Wildman–Crippen MR) is 69.2 cm³/mol. The molecule has 0 aliphatic carbocycles. The molecule has 90 valence electrons. The Bertz CT molecular complexity index is 458. The van der Waals surface area contributed by atoms with Crippen molar-refractivity contribution in [1.82, 2.24) is 0 Å². The highest BCUT2D eigenvalue weighted by Gasteiger charge is 2.26. The first-order chi connectivity index (χ1) is 8.26. The number of hydrogen-bond donors (Lipinski definition) is 0. The van der Waals surface area contributed by atoms with Crippen LogP contribution in [0.15, 0.2) is 15.6 Å². The van der Waals surface area contributed by atoms with Gasteiger partial charge in [-0.05, 0) is 25.2 Å². The zero-order valence-corrected chi connectivity index (χ0v) is 10.7. The van der Waals surface area contributed by atoms with E-state index in [1.165, 1.54) is 0 Å². The molecule has 3 nitrogen and oxygen atoms in total. The van der Waals surface area contributed by atoms with E-state index in [0.717, 1.165) is 35.9 Å². The lowest BCUT2D eigenvalue weighted by Gasteiger charge is -2.24. The number of carbonyl (C=O) groups excluding carboxylic acids is 1. The highest BCUT2D eigenvalue weighted by molar-refractivity contribution is 7.98. The van der Waals surface area contributed by atoms with Crippen molar-refractivity contribution in [2.75, 3.05) is 17.7 Å². The van der Waals surface area contributed by atoms with Crippen molar-refractivity contribution >= 4 is 23.6 Å². The summed E-state index contributed by atoms with van der Waals surface area (Å²) in [7, 11) is 0. The van der Waals surface area contributed by atoms with E-state index in [1.54, 1.807) is 16.7 Å². The van der Waals surface area contributed by atoms with Crippen molar-refractivity contribution in [1.29, 1.82) is 0 Å². The van der Waals surface area contributed by atoms with E-state index >= 15 is 0 Å². The Kier molecular flexibility index (Phi) is 3.80. The minimum absolute atomic E-state index is 0.0610. The molecule has 17 heavy (non-hydrogen) atoms. The number of fused-ring (bicyclic) bond motifs is 1. The summed E-state index contributed by atoms with van der Waals surface area (Å²) in [6.45, 7) is 0.734. The van der Waals surface area contributed by atoms with Crippen LogP contribution in [-0.4, -0.2) is 18.7 Å². The lowest BCUT2D eigenvalue weighted by Crippen LogP contribution is -2.34. The third-order valence-electron chi connectivity index (χ3n) is 2.82. The molecule has 0 bridgehead atoms. The Morgan fingerprint density at radius 1 is 1.71 bits per heavy atom. The second-order valence-electron chi connectivity index (χ2n) is 3.95. The first-order valence-corrected chi connectivity index (χ1v) is 6.89. The van der Waals surface area contributed by atoms with Gasteiger partial charge in [0.05, 0.1) is 0 Å². The maximum Gasteiger partial charge on any atom is 0.230 e. The van der Waals surface area contributed by atoms with Gasteiger partial charge < -0.3 is 4.42 Å². The van der Waals surface area contributed by atoms with E-state index in [0.29, 0.717) is 12.8 Å². The molecule has 1 amide bonds. The minimum Gasteiger partial charge on any atom is -0.434 e. The minimum atomic E-state index is 0.0610. The number of terminal acetylenes is 1. The number of furan rings is 1. The molecule has 0 spiro atoms. The van der Waals surface area contributed by atoms with Crippen LogP contribution in [0.2, 0.25) is 0 Å². The monoisotopic (exact) mass is 249 g/mol. The number of amides is 1. The van der Waals surface area contributed by atoms with Gasteiger partial charge in [0.2, 0.25) is 11.8 Å². The van der Waals surface area contributed by atoms with E-state index in [1.807, 2.05) is 12.3 Å². The van der Waals surface area contributed by atoms with Gasteiger partial charge in [0.25, 0.3) is 0 Å². The maximum absolute atomic E-state index is 12.0. The van der Waals surface area contributed by atoms with Crippen LogP contribution in [0.4, 0.5) is 5.88 Å². The smallest absolute Gasteiger partial charge is 0.230 e. The fourth-order valence-corrected chi connectivity index (χ4v) is 2.41. The Balaban J connectivity index is 2.19. The molecule has 0 saturated carbocycles. The highest BCUT2D eigenvalue weighted by Crippen LogP contribution is 2.34. The summed E-state index contributed by atoms with van der Waals surface area (Å²) >= 11 is 1.56. The lowest BCUT2D eigenvalue weighted by atomic mass is 10.1. The third-order valence-corrected chi connectivity index (χ3v) is 3.43. The Labute approximate surface area is 106 Å². The Morgan fingerprint density at radius 2 is 2.53 bits per heavy atom. The standard InChI is InChI=1S/C13H15NO2S/c1-3-4-7-11(15)14-8-5-6-10-9-12(17-2)16-13(10)14/h1,9H,4-8H2,2H3. The van der Waals surface area contributed by atoms with Crippen LogP contribution in [0.1, 0.15) is 24.8 Å². The summed E-state index contributed by atoms with van der Waals surface area (Å²) in [5.41, 5.74) is 1.13. The normalized spacial score (nSPS) is 14.2. The number of hydrogen-bond acceptors (Lipinski definition) is 3. The molecule has 1 aromatic heterocycles. The van der Waals surface area contributed by atoms with E-state index < -0.39 is 0 Å². The van der Waals surface area contributed by atoms with Gasteiger partial charge in [-0.15, -0.1) is 12.3 Å². The van der Waals surface area contributed by atoms with Crippen molar-refractivity contribution < 1.29 is 9.21 Å². The average molecular weight is 249 g/mol. The summed E-state index contributed by atoms with van der Waals surface area (Å²) in [6.07, 6.45) is 10.00. The van der Waals surface area contributed by atoms with Crippen LogP contribution in [-0.2, 0) is 11.2 Å². The lowest BCUT2D eigenvalue weighted by molar-refractivity contribution is -0.118. The predicted octanol–water partition coefficient (Wildman–Crippen LogP) is 2.69. The molecule has 2 rings (SSSR count). The van der Waals surface area contributed by atoms with E-state index in [2.05, 4.69) is 5.92 Å². The molecule has 1 aliphatic heterocycles. The molecule has 0 unspecified atom stereocenters. The zero-order chi connectivity index (χ0) is 12.3. The summed E-state index contributed by atoms with van der Waals surface area (Å²) in [4.78, 5) is 13.7. The van der Waals surface area contributed by atoms with Gasteiger partial charge >= 0.3 is 0 Å². The summed E-state index contributed by atoms with van der Waals surface area (Å²) < 4.78 is 5.69. The summed E-state index contributed by atoms with van der Waals surface area (Å²) in [5, 5.41) is 0.867. The van der Waals surface area contributed by atoms with Gasteiger partial charge in [-0.2, -0.15) is 0 Å². The fraction of sp³-hybridized carbons (Fsp3) is 0.462. The van der Waals surface area contributed by atoms with Crippen LogP contribution >= 0.6 is 11.8 Å². The van der Waals surface area contributed by atoms with Gasteiger partial charge in [0.1, 0.15) is 0 Å².